The Morgan fingerprint density at radius 3 is 2.45 bits per heavy atom. The summed E-state index contributed by atoms with van der Waals surface area (Å²) in [6, 6.07) is 7.50. The van der Waals surface area contributed by atoms with E-state index in [4.69, 9.17) is 4.74 Å². The maximum absolute atomic E-state index is 13.1. The summed E-state index contributed by atoms with van der Waals surface area (Å²) in [7, 11) is 0. The van der Waals surface area contributed by atoms with E-state index in [2.05, 4.69) is 19.8 Å². The summed E-state index contributed by atoms with van der Waals surface area (Å²) in [5.74, 6) is 0. The SMILES string of the molecule is C[C@@H]1CN(c2nc3ccc(C(F)(F)F)cc3s2)C[C@H](C)N1C(=O)OC1CC2(C1)CN(Cc1ccncc1)C2. The maximum atomic E-state index is 13.1. The zero-order chi connectivity index (χ0) is 26.7. The Hall–Kier alpha value is -2.92. The molecule has 1 aromatic carbocycles. The Labute approximate surface area is 223 Å². The average Bonchev–Trinajstić information content (AvgIpc) is 3.24. The molecule has 0 bridgehead atoms. The third-order valence-corrected chi connectivity index (χ3v) is 9.05. The van der Waals surface area contributed by atoms with E-state index < -0.39 is 11.7 Å². The van der Waals surface area contributed by atoms with Crippen molar-refractivity contribution >= 4 is 32.8 Å². The number of likely N-dealkylation sites (tertiary alicyclic amines) is 1. The van der Waals surface area contributed by atoms with Crippen molar-refractivity contribution in [2.24, 2.45) is 5.41 Å². The molecule has 4 heterocycles. The highest BCUT2D eigenvalue weighted by Crippen LogP contribution is 2.50. The van der Waals surface area contributed by atoms with E-state index in [1.807, 2.05) is 38.4 Å². The van der Waals surface area contributed by atoms with Gasteiger partial charge < -0.3 is 9.64 Å². The number of fused-ring (bicyclic) bond motifs is 1. The van der Waals surface area contributed by atoms with Crippen molar-refractivity contribution in [3.8, 4) is 0 Å². The number of carbonyl (C=O) groups excluding carboxylic acids is 1. The van der Waals surface area contributed by atoms with Gasteiger partial charge in [-0.3, -0.25) is 14.8 Å². The molecule has 3 aromatic rings. The maximum Gasteiger partial charge on any atom is 0.416 e. The van der Waals surface area contributed by atoms with E-state index >= 15 is 0 Å². The predicted molar refractivity (Wildman–Crippen MR) is 139 cm³/mol. The third kappa shape index (κ3) is 4.82. The van der Waals surface area contributed by atoms with Crippen LogP contribution in [0, 0.1) is 5.41 Å². The van der Waals surface area contributed by atoms with Crippen LogP contribution in [0.2, 0.25) is 0 Å². The summed E-state index contributed by atoms with van der Waals surface area (Å²) in [5, 5.41) is 0.674. The average molecular weight is 546 g/mol. The molecule has 7 nitrogen and oxygen atoms in total. The molecule has 202 valence electrons. The van der Waals surface area contributed by atoms with Crippen LogP contribution in [-0.4, -0.2) is 70.2 Å². The van der Waals surface area contributed by atoms with Gasteiger partial charge in [0.1, 0.15) is 6.10 Å². The highest BCUT2D eigenvalue weighted by atomic mass is 32.1. The molecule has 11 heteroatoms. The van der Waals surface area contributed by atoms with Gasteiger partial charge in [0, 0.05) is 50.5 Å². The smallest absolute Gasteiger partial charge is 0.416 e. The molecule has 0 N–H and O–H groups in total. The number of carbonyl (C=O) groups is 1. The molecule has 0 radical (unpaired) electrons. The van der Waals surface area contributed by atoms with Gasteiger partial charge in [-0.2, -0.15) is 13.2 Å². The van der Waals surface area contributed by atoms with E-state index in [-0.39, 0.29) is 29.7 Å². The van der Waals surface area contributed by atoms with E-state index in [9.17, 15) is 18.0 Å². The Morgan fingerprint density at radius 2 is 1.79 bits per heavy atom. The quantitative estimate of drug-likeness (QED) is 0.437. The molecule has 1 saturated carbocycles. The number of benzene rings is 1. The molecule has 38 heavy (non-hydrogen) atoms. The summed E-state index contributed by atoms with van der Waals surface area (Å²) in [5.41, 5.74) is 1.41. The fraction of sp³-hybridized carbons (Fsp3) is 0.519. The highest BCUT2D eigenvalue weighted by Gasteiger charge is 2.54. The van der Waals surface area contributed by atoms with Crippen LogP contribution in [0.1, 0.15) is 37.8 Å². The summed E-state index contributed by atoms with van der Waals surface area (Å²) in [6.07, 6.45) is 0.729. The topological polar surface area (TPSA) is 61.8 Å². The van der Waals surface area contributed by atoms with Gasteiger partial charge in [0.05, 0.1) is 27.9 Å². The van der Waals surface area contributed by atoms with Gasteiger partial charge in [-0.25, -0.2) is 9.78 Å². The van der Waals surface area contributed by atoms with Crippen LogP contribution in [0.3, 0.4) is 0 Å². The van der Waals surface area contributed by atoms with Crippen molar-refractivity contribution in [1.29, 1.82) is 0 Å². The molecule has 2 atom stereocenters. The monoisotopic (exact) mass is 545 g/mol. The van der Waals surface area contributed by atoms with Crippen LogP contribution in [0.4, 0.5) is 23.1 Å². The minimum Gasteiger partial charge on any atom is -0.446 e. The highest BCUT2D eigenvalue weighted by molar-refractivity contribution is 7.22. The van der Waals surface area contributed by atoms with Gasteiger partial charge in [0.25, 0.3) is 0 Å². The van der Waals surface area contributed by atoms with Crippen molar-refractivity contribution < 1.29 is 22.7 Å². The number of anilines is 1. The molecule has 2 aromatic heterocycles. The van der Waals surface area contributed by atoms with E-state index in [1.165, 1.54) is 23.0 Å². The molecule has 1 amide bonds. The molecule has 1 spiro atoms. The van der Waals surface area contributed by atoms with Crippen LogP contribution in [-0.2, 0) is 17.5 Å². The minimum atomic E-state index is -4.38. The lowest BCUT2D eigenvalue weighted by molar-refractivity contribution is -0.138. The lowest BCUT2D eigenvalue weighted by Crippen LogP contribution is -2.64. The van der Waals surface area contributed by atoms with E-state index in [0.29, 0.717) is 28.4 Å². The first-order chi connectivity index (χ1) is 18.1. The normalized spacial score (nSPS) is 23.9. The van der Waals surface area contributed by atoms with E-state index in [0.717, 1.165) is 44.6 Å². The fourth-order valence-electron chi connectivity index (χ4n) is 6.27. The van der Waals surface area contributed by atoms with Crippen LogP contribution in [0.25, 0.3) is 10.2 Å². The number of pyridine rings is 1. The Balaban J connectivity index is 1.02. The number of piperazine rings is 1. The number of hydrogen-bond donors (Lipinski definition) is 0. The van der Waals surface area contributed by atoms with Gasteiger partial charge in [-0.15, -0.1) is 0 Å². The molecule has 3 fully saturated rings. The Morgan fingerprint density at radius 1 is 1.11 bits per heavy atom. The van der Waals surface area contributed by atoms with Gasteiger partial charge in [0.15, 0.2) is 5.13 Å². The summed E-state index contributed by atoms with van der Waals surface area (Å²) in [6.45, 7) is 8.03. The van der Waals surface area contributed by atoms with Crippen LogP contribution in [0.5, 0.6) is 0 Å². The van der Waals surface area contributed by atoms with Crippen molar-refractivity contribution in [3.05, 3.63) is 53.9 Å². The number of nitrogens with zero attached hydrogens (tertiary/aromatic N) is 5. The molecule has 1 aliphatic carbocycles. The predicted octanol–water partition coefficient (Wildman–Crippen LogP) is 5.41. The second-order valence-electron chi connectivity index (χ2n) is 11.1. The second kappa shape index (κ2) is 9.37. The van der Waals surface area contributed by atoms with Crippen LogP contribution < -0.4 is 4.90 Å². The van der Waals surface area contributed by atoms with Crippen molar-refractivity contribution in [2.75, 3.05) is 31.1 Å². The molecule has 2 saturated heterocycles. The zero-order valence-corrected chi connectivity index (χ0v) is 22.1. The molecular formula is C27H30F3N5O2S. The molecular weight excluding hydrogens is 515 g/mol. The number of aromatic nitrogens is 2. The summed E-state index contributed by atoms with van der Waals surface area (Å²) < 4.78 is 45.7. The number of rotatable bonds is 4. The number of amides is 1. The van der Waals surface area contributed by atoms with Gasteiger partial charge in [-0.05, 0) is 62.6 Å². The Bertz CT molecular complexity index is 1310. The van der Waals surface area contributed by atoms with Crippen molar-refractivity contribution in [1.82, 2.24) is 19.8 Å². The van der Waals surface area contributed by atoms with Crippen molar-refractivity contribution in [3.63, 3.8) is 0 Å². The second-order valence-corrected chi connectivity index (χ2v) is 12.1. The summed E-state index contributed by atoms with van der Waals surface area (Å²) >= 11 is 1.25. The first-order valence-corrected chi connectivity index (χ1v) is 13.7. The van der Waals surface area contributed by atoms with Gasteiger partial charge >= 0.3 is 12.3 Å². The number of thiazole rings is 1. The largest absolute Gasteiger partial charge is 0.446 e. The van der Waals surface area contributed by atoms with E-state index in [1.54, 1.807) is 4.90 Å². The fourth-order valence-corrected chi connectivity index (χ4v) is 7.30. The molecule has 3 aliphatic rings. The number of alkyl halides is 3. The van der Waals surface area contributed by atoms with Crippen LogP contribution in [0.15, 0.2) is 42.7 Å². The van der Waals surface area contributed by atoms with Gasteiger partial charge in [-0.1, -0.05) is 11.3 Å². The standard InChI is InChI=1S/C27H30F3N5O2S/c1-17-12-34(24-32-22-4-3-20(27(28,29)30)9-23(22)38-24)13-18(2)35(17)25(36)37-21-10-26(11-21)15-33(16-26)14-19-5-7-31-8-6-19/h3-9,17-18,21H,10-16H2,1-2H3/t17-,18+. The number of ether oxygens (including phenoxy) is 1. The van der Waals surface area contributed by atoms with Crippen molar-refractivity contribution in [2.45, 2.75) is 57.6 Å². The number of halogens is 3. The lowest BCUT2D eigenvalue weighted by Gasteiger charge is -2.58. The first-order valence-electron chi connectivity index (χ1n) is 12.9. The molecule has 2 aliphatic heterocycles. The number of hydrogen-bond acceptors (Lipinski definition) is 7. The first kappa shape index (κ1) is 25.4. The molecule has 0 unspecified atom stereocenters. The lowest BCUT2D eigenvalue weighted by atomic mass is 9.61. The van der Waals surface area contributed by atoms with Gasteiger partial charge in [0.2, 0.25) is 0 Å². The van der Waals surface area contributed by atoms with Crippen LogP contribution >= 0.6 is 11.3 Å². The third-order valence-electron chi connectivity index (χ3n) is 7.97. The minimum absolute atomic E-state index is 0.0462. The molecule has 6 rings (SSSR count). The summed E-state index contributed by atoms with van der Waals surface area (Å²) in [4.78, 5) is 28.0. The Kier molecular flexibility index (Phi) is 6.26. The zero-order valence-electron chi connectivity index (χ0n) is 21.3.